The molecule has 0 aromatic carbocycles. The number of nitrogens with one attached hydrogen (secondary N) is 2. The van der Waals surface area contributed by atoms with Crippen molar-refractivity contribution in [1.82, 2.24) is 15.5 Å². The van der Waals surface area contributed by atoms with E-state index in [0.717, 1.165) is 4.90 Å². The van der Waals surface area contributed by atoms with Crippen LogP contribution in [-0.2, 0) is 28.8 Å². The highest BCUT2D eigenvalue weighted by molar-refractivity contribution is 5.95. The van der Waals surface area contributed by atoms with Crippen LogP contribution in [0.3, 0.4) is 0 Å². The Labute approximate surface area is 170 Å². The molecule has 4 atom stereocenters. The first-order valence-electron chi connectivity index (χ1n) is 8.98. The van der Waals surface area contributed by atoms with Crippen molar-refractivity contribution >= 4 is 35.6 Å². The zero-order valence-corrected chi connectivity index (χ0v) is 15.9. The maximum atomic E-state index is 12.5. The van der Waals surface area contributed by atoms with E-state index in [9.17, 15) is 33.9 Å². The number of carbonyl (C=O) groups is 6. The van der Waals surface area contributed by atoms with Crippen molar-refractivity contribution < 1.29 is 44.1 Å². The zero-order valence-electron chi connectivity index (χ0n) is 15.9. The molecule has 0 spiro atoms. The molecule has 0 saturated carbocycles. The molecule has 9 N–H and O–H groups in total. The van der Waals surface area contributed by atoms with Crippen molar-refractivity contribution in [3.05, 3.63) is 0 Å². The summed E-state index contributed by atoms with van der Waals surface area (Å²) >= 11 is 0. The molecule has 4 unspecified atom stereocenters. The van der Waals surface area contributed by atoms with Crippen molar-refractivity contribution in [3.8, 4) is 0 Å². The molecule has 1 aliphatic rings. The summed E-state index contributed by atoms with van der Waals surface area (Å²) in [5, 5.41) is 31.4. The van der Waals surface area contributed by atoms with E-state index in [1.807, 2.05) is 5.32 Å². The fourth-order valence-corrected chi connectivity index (χ4v) is 2.93. The van der Waals surface area contributed by atoms with E-state index in [4.69, 9.17) is 21.7 Å². The average Bonchev–Trinajstić information content (AvgIpc) is 3.13. The highest BCUT2D eigenvalue weighted by Crippen LogP contribution is 2.19. The maximum Gasteiger partial charge on any atom is 0.326 e. The first-order chi connectivity index (χ1) is 14.0. The number of carboxylic acid groups (broad SMARTS) is 2. The third-order valence-corrected chi connectivity index (χ3v) is 4.39. The summed E-state index contributed by atoms with van der Waals surface area (Å²) in [5.74, 6) is -6.42. The van der Waals surface area contributed by atoms with Crippen molar-refractivity contribution in [3.63, 3.8) is 0 Å². The molecule has 1 rings (SSSR count). The molecule has 1 heterocycles. The molecule has 30 heavy (non-hydrogen) atoms. The minimum atomic E-state index is -1.65. The van der Waals surface area contributed by atoms with Gasteiger partial charge in [0.25, 0.3) is 0 Å². The number of nitrogens with zero attached hydrogens (tertiary/aromatic N) is 1. The van der Waals surface area contributed by atoms with E-state index in [1.54, 1.807) is 0 Å². The number of hydrogen-bond acceptors (Lipinski definition) is 8. The molecule has 14 heteroatoms. The number of likely N-dealkylation sites (tertiary alicyclic amines) is 1. The minimum Gasteiger partial charge on any atom is -0.481 e. The van der Waals surface area contributed by atoms with Gasteiger partial charge in [0.2, 0.25) is 23.6 Å². The molecule has 4 amide bonds. The van der Waals surface area contributed by atoms with Crippen LogP contribution in [-0.4, -0.2) is 93.1 Å². The van der Waals surface area contributed by atoms with Gasteiger partial charge in [0, 0.05) is 6.54 Å². The lowest BCUT2D eigenvalue weighted by atomic mass is 10.1. The number of carbonyl (C=O) groups excluding carboxylic acids is 4. The lowest BCUT2D eigenvalue weighted by Crippen LogP contribution is -2.58. The van der Waals surface area contributed by atoms with Gasteiger partial charge in [0.15, 0.2) is 0 Å². The van der Waals surface area contributed by atoms with E-state index < -0.39 is 79.2 Å². The largest absolute Gasteiger partial charge is 0.481 e. The molecule has 0 aliphatic carbocycles. The van der Waals surface area contributed by atoms with Crippen LogP contribution in [0.25, 0.3) is 0 Å². The number of aliphatic carboxylic acids is 2. The summed E-state index contributed by atoms with van der Waals surface area (Å²) in [4.78, 5) is 70.9. The van der Waals surface area contributed by atoms with Gasteiger partial charge in [0.1, 0.15) is 18.1 Å². The Morgan fingerprint density at radius 1 is 1.03 bits per heavy atom. The Morgan fingerprint density at radius 3 is 2.17 bits per heavy atom. The topological polar surface area (TPSA) is 242 Å². The number of aliphatic hydroxyl groups excluding tert-OH is 1. The predicted octanol–water partition coefficient (Wildman–Crippen LogP) is -4.30. The van der Waals surface area contributed by atoms with Crippen LogP contribution in [0.15, 0.2) is 0 Å². The fourth-order valence-electron chi connectivity index (χ4n) is 2.93. The molecule has 1 fully saturated rings. The van der Waals surface area contributed by atoms with Crippen molar-refractivity contribution in [2.75, 3.05) is 13.2 Å². The fraction of sp³-hybridized carbons (Fsp3) is 0.625. The molecule has 0 aromatic rings. The van der Waals surface area contributed by atoms with Gasteiger partial charge >= 0.3 is 11.9 Å². The molecule has 168 valence electrons. The van der Waals surface area contributed by atoms with Crippen LogP contribution in [0.5, 0.6) is 0 Å². The smallest absolute Gasteiger partial charge is 0.326 e. The maximum absolute atomic E-state index is 12.5. The van der Waals surface area contributed by atoms with Gasteiger partial charge < -0.3 is 42.3 Å². The standard InChI is InChI=1S/C16H25N5O9/c17-7(4-12(24)25)15(28)21-3-1-2-10(21)14(27)20-9(6-22)13(26)19-8(16(29)30)5-11(18)23/h7-10,22H,1-6,17H2,(H2,18,23)(H,19,26)(H,20,27)(H,24,25)(H,29,30). The number of rotatable bonds is 11. The van der Waals surface area contributed by atoms with Gasteiger partial charge in [-0.25, -0.2) is 4.79 Å². The summed E-state index contributed by atoms with van der Waals surface area (Å²) in [6.45, 7) is -0.737. The Bertz CT molecular complexity index is 713. The normalized spacial score (nSPS) is 18.7. The Morgan fingerprint density at radius 2 is 1.67 bits per heavy atom. The van der Waals surface area contributed by atoms with Crippen LogP contribution in [0.1, 0.15) is 25.7 Å². The molecule has 14 nitrogen and oxygen atoms in total. The first-order valence-corrected chi connectivity index (χ1v) is 8.98. The summed E-state index contributed by atoms with van der Waals surface area (Å²) in [6.07, 6.45) is -0.669. The number of aliphatic hydroxyl groups is 1. The van der Waals surface area contributed by atoms with Crippen LogP contribution in [0.4, 0.5) is 0 Å². The number of hydrogen-bond donors (Lipinski definition) is 7. The van der Waals surface area contributed by atoms with Gasteiger partial charge in [-0.1, -0.05) is 0 Å². The molecule has 0 bridgehead atoms. The number of carboxylic acids is 2. The molecular formula is C16H25N5O9. The first kappa shape index (κ1) is 24.8. The summed E-state index contributed by atoms with van der Waals surface area (Å²) in [5.41, 5.74) is 10.5. The predicted molar refractivity (Wildman–Crippen MR) is 97.4 cm³/mol. The van der Waals surface area contributed by atoms with Gasteiger partial charge in [0.05, 0.1) is 25.5 Å². The van der Waals surface area contributed by atoms with Crippen LogP contribution >= 0.6 is 0 Å². The van der Waals surface area contributed by atoms with Gasteiger partial charge in [-0.3, -0.25) is 24.0 Å². The second kappa shape index (κ2) is 11.1. The van der Waals surface area contributed by atoms with Gasteiger partial charge in [-0.2, -0.15) is 0 Å². The molecule has 0 radical (unpaired) electrons. The van der Waals surface area contributed by atoms with E-state index in [0.29, 0.717) is 6.42 Å². The molecular weight excluding hydrogens is 406 g/mol. The van der Waals surface area contributed by atoms with Crippen LogP contribution < -0.4 is 22.1 Å². The van der Waals surface area contributed by atoms with Crippen molar-refractivity contribution in [2.24, 2.45) is 11.5 Å². The third-order valence-electron chi connectivity index (χ3n) is 4.39. The number of primary amides is 1. The van der Waals surface area contributed by atoms with E-state index >= 15 is 0 Å². The van der Waals surface area contributed by atoms with Gasteiger partial charge in [-0.05, 0) is 12.8 Å². The average molecular weight is 431 g/mol. The van der Waals surface area contributed by atoms with Gasteiger partial charge in [-0.15, -0.1) is 0 Å². The van der Waals surface area contributed by atoms with E-state index in [1.165, 1.54) is 0 Å². The number of nitrogens with two attached hydrogens (primary N) is 2. The lowest BCUT2D eigenvalue weighted by Gasteiger charge is -2.27. The third kappa shape index (κ3) is 6.97. The Balaban J connectivity index is 2.80. The monoisotopic (exact) mass is 431 g/mol. The minimum absolute atomic E-state index is 0.153. The highest BCUT2D eigenvalue weighted by Gasteiger charge is 2.38. The van der Waals surface area contributed by atoms with Crippen LogP contribution in [0, 0.1) is 0 Å². The van der Waals surface area contributed by atoms with Crippen molar-refractivity contribution in [1.29, 1.82) is 0 Å². The summed E-state index contributed by atoms with van der Waals surface area (Å²) < 4.78 is 0. The highest BCUT2D eigenvalue weighted by atomic mass is 16.4. The van der Waals surface area contributed by atoms with E-state index in [2.05, 4.69) is 5.32 Å². The number of amides is 4. The zero-order chi connectivity index (χ0) is 23.0. The van der Waals surface area contributed by atoms with E-state index in [-0.39, 0.29) is 13.0 Å². The second-order valence-corrected chi connectivity index (χ2v) is 6.71. The molecule has 1 aliphatic heterocycles. The van der Waals surface area contributed by atoms with Crippen LogP contribution in [0.2, 0.25) is 0 Å². The quantitative estimate of drug-likeness (QED) is 0.166. The second-order valence-electron chi connectivity index (χ2n) is 6.71. The van der Waals surface area contributed by atoms with Crippen molar-refractivity contribution in [2.45, 2.75) is 49.9 Å². The Kier molecular flexibility index (Phi) is 9.14. The summed E-state index contributed by atoms with van der Waals surface area (Å²) in [6, 6.07) is -5.60. The molecule has 1 saturated heterocycles. The Hall–Kier alpha value is -3.26. The molecule has 0 aromatic heterocycles. The lowest BCUT2D eigenvalue weighted by molar-refractivity contribution is -0.145. The SMILES string of the molecule is NC(=O)CC(NC(=O)C(CO)NC(=O)C1CCCN1C(=O)C(N)CC(=O)O)C(=O)O. The summed E-state index contributed by atoms with van der Waals surface area (Å²) in [7, 11) is 0.